The van der Waals surface area contributed by atoms with Gasteiger partial charge in [0.15, 0.2) is 0 Å². The van der Waals surface area contributed by atoms with E-state index in [9.17, 15) is 0 Å². The second-order valence-electron chi connectivity index (χ2n) is 23.2. The van der Waals surface area contributed by atoms with E-state index in [0.29, 0.717) is 17.8 Å². The van der Waals surface area contributed by atoms with Crippen molar-refractivity contribution in [3.8, 4) is 0 Å². The summed E-state index contributed by atoms with van der Waals surface area (Å²) in [4.78, 5) is 5.57. The molecule has 3 aromatic carbocycles. The first-order chi connectivity index (χ1) is 29.1. The Hall–Kier alpha value is -4.56. The highest BCUT2D eigenvalue weighted by Gasteiger charge is 2.51. The molecule has 0 N–H and O–H groups in total. The van der Waals surface area contributed by atoms with E-state index in [4.69, 9.17) is 0 Å². The third kappa shape index (κ3) is 7.07. The summed E-state index contributed by atoms with van der Waals surface area (Å²) in [7, 11) is 0. The predicted octanol–water partition coefficient (Wildman–Crippen LogP) is 16.6. The number of hydrogen-bond acceptors (Lipinski definition) is 2. The second-order valence-corrected chi connectivity index (χ2v) is 23.2. The third-order valence-electron chi connectivity index (χ3n) is 15.8. The van der Waals surface area contributed by atoms with Gasteiger partial charge in [0.25, 0.3) is 0 Å². The quantitative estimate of drug-likeness (QED) is 0.244. The number of hydrogen-bond donors (Lipinski definition) is 0. The Kier molecular flexibility index (Phi) is 10.4. The normalized spacial score (nSPS) is 25.0. The molecule has 6 aliphatic carbocycles. The number of aryl methyl sites for hydroxylation is 4. The van der Waals surface area contributed by atoms with E-state index in [1.54, 1.807) is 22.3 Å². The number of benzene rings is 3. The summed E-state index contributed by atoms with van der Waals surface area (Å²) in [6.45, 7) is 35.8. The molecule has 0 heterocycles. The van der Waals surface area contributed by atoms with Gasteiger partial charge in [-0.1, -0.05) is 129 Å². The van der Waals surface area contributed by atoms with E-state index in [1.165, 1.54) is 91.4 Å². The van der Waals surface area contributed by atoms with Crippen LogP contribution in [0.15, 0.2) is 112 Å². The van der Waals surface area contributed by atoms with Crippen molar-refractivity contribution in [3.63, 3.8) is 0 Å². The molecule has 0 saturated carbocycles. The van der Waals surface area contributed by atoms with Crippen LogP contribution >= 0.6 is 0 Å². The minimum absolute atomic E-state index is 0.0448. The Bertz CT molecular complexity index is 2590. The zero-order valence-corrected chi connectivity index (χ0v) is 40.9. The molecule has 5 atom stereocenters. The van der Waals surface area contributed by atoms with Crippen LogP contribution in [0, 0.1) is 56.3 Å². The molecule has 62 heavy (non-hydrogen) atoms. The van der Waals surface area contributed by atoms with E-state index in [-0.39, 0.29) is 28.2 Å². The van der Waals surface area contributed by atoms with E-state index in [1.807, 2.05) is 0 Å². The van der Waals surface area contributed by atoms with Gasteiger partial charge in [-0.3, -0.25) is 0 Å². The Balaban J connectivity index is 1.32. The van der Waals surface area contributed by atoms with Crippen LogP contribution in [0.4, 0.5) is 17.1 Å². The molecule has 0 bridgehead atoms. The Morgan fingerprint density at radius 3 is 2.16 bits per heavy atom. The van der Waals surface area contributed by atoms with Gasteiger partial charge in [-0.25, -0.2) is 0 Å². The van der Waals surface area contributed by atoms with Crippen molar-refractivity contribution in [3.05, 3.63) is 157 Å². The van der Waals surface area contributed by atoms with Gasteiger partial charge in [0.05, 0.1) is 5.69 Å². The van der Waals surface area contributed by atoms with Crippen LogP contribution in [0.3, 0.4) is 0 Å². The largest absolute Gasteiger partial charge is 0.337 e. The molecule has 0 aromatic heterocycles. The van der Waals surface area contributed by atoms with E-state index >= 15 is 0 Å². The lowest BCUT2D eigenvalue weighted by Gasteiger charge is -2.54. The van der Waals surface area contributed by atoms with Crippen LogP contribution in [0.5, 0.6) is 0 Å². The molecule has 5 unspecified atom stereocenters. The molecule has 324 valence electrons. The van der Waals surface area contributed by atoms with Crippen molar-refractivity contribution in [2.24, 2.45) is 28.6 Å². The molecular formula is C60H74N2. The number of nitrogens with zero attached hydrogens (tertiary/aromatic N) is 2. The van der Waals surface area contributed by atoms with Crippen molar-refractivity contribution in [1.82, 2.24) is 0 Å². The van der Waals surface area contributed by atoms with Gasteiger partial charge in [0, 0.05) is 52.1 Å². The standard InChI is InChI=1S/C60H74N2/c1-35-16-24-49(40(6)28-35)61(51-32-43(58(8,9)10)20-18-37(51)3)53-30-39(5)45-22-23-46-54(31-42-26-27-60(14,15)48-34-47(53)56(45)57(46)55(42)48)62(50-25-17-36(2)29-41(50)7)52-33-44(59(11,12)13)21-19-38(52)4/h16-17,19-25,29-30,32-35,37,46,54,57H,18,26-28,31H2,1-15H3. The summed E-state index contributed by atoms with van der Waals surface area (Å²) in [6.07, 6.45) is 23.5. The summed E-state index contributed by atoms with van der Waals surface area (Å²) in [5, 5.41) is 0. The maximum absolute atomic E-state index is 2.82. The fourth-order valence-corrected chi connectivity index (χ4v) is 12.1. The Morgan fingerprint density at radius 1 is 0.710 bits per heavy atom. The van der Waals surface area contributed by atoms with Crippen LogP contribution < -0.4 is 9.80 Å². The maximum atomic E-state index is 2.82. The minimum Gasteiger partial charge on any atom is -0.337 e. The average molecular weight is 823 g/mol. The monoisotopic (exact) mass is 823 g/mol. The van der Waals surface area contributed by atoms with Gasteiger partial charge >= 0.3 is 0 Å². The fourth-order valence-electron chi connectivity index (χ4n) is 12.1. The van der Waals surface area contributed by atoms with Gasteiger partial charge in [0.2, 0.25) is 0 Å². The molecule has 0 fully saturated rings. The van der Waals surface area contributed by atoms with Gasteiger partial charge in [0.1, 0.15) is 0 Å². The average Bonchev–Trinajstić information content (AvgIpc) is 3.19. The SMILES string of the molecule is CC1=C(N(C2=CC(C(C)(C)C)=CCC2C)c2cc(C)c3c4c2C=C2C5=C(CCC2(C)C)CC(N(c2ccc(C)cc2C)c2cc(C(C)(C)C)ccc2C)C(C=C3)C54)C=CC(C)C1. The molecule has 0 spiro atoms. The molecular weight excluding hydrogens is 749 g/mol. The Morgan fingerprint density at radius 2 is 1.47 bits per heavy atom. The molecule has 6 aliphatic rings. The smallest absolute Gasteiger partial charge is 0.0537 e. The first-order valence-corrected chi connectivity index (χ1v) is 24.0. The van der Waals surface area contributed by atoms with Gasteiger partial charge < -0.3 is 9.80 Å². The number of rotatable bonds is 6. The summed E-state index contributed by atoms with van der Waals surface area (Å²) in [5.74, 6) is 1.53. The van der Waals surface area contributed by atoms with Crippen molar-refractivity contribution in [1.29, 1.82) is 0 Å². The van der Waals surface area contributed by atoms with Crippen LogP contribution in [-0.4, -0.2) is 6.04 Å². The maximum Gasteiger partial charge on any atom is 0.0537 e. The van der Waals surface area contributed by atoms with Gasteiger partial charge in [-0.05, 0) is 181 Å². The molecule has 2 heteroatoms. The highest BCUT2D eigenvalue weighted by Crippen LogP contribution is 2.63. The minimum atomic E-state index is 0.0448. The lowest BCUT2D eigenvalue weighted by Crippen LogP contribution is -2.47. The van der Waals surface area contributed by atoms with E-state index in [0.717, 1.165) is 19.3 Å². The van der Waals surface area contributed by atoms with Crippen molar-refractivity contribution in [2.75, 3.05) is 9.80 Å². The molecule has 0 amide bonds. The summed E-state index contributed by atoms with van der Waals surface area (Å²) in [5.41, 5.74) is 26.2. The third-order valence-corrected chi connectivity index (χ3v) is 15.8. The van der Waals surface area contributed by atoms with Gasteiger partial charge in [-0.15, -0.1) is 0 Å². The van der Waals surface area contributed by atoms with E-state index in [2.05, 4.69) is 199 Å². The highest BCUT2D eigenvalue weighted by atomic mass is 15.2. The van der Waals surface area contributed by atoms with Gasteiger partial charge in [-0.2, -0.15) is 0 Å². The fraction of sp³-hybridized carbons (Fsp3) is 0.467. The van der Waals surface area contributed by atoms with E-state index < -0.39 is 0 Å². The Labute approximate surface area is 376 Å². The molecule has 3 aromatic rings. The van der Waals surface area contributed by atoms with Crippen molar-refractivity contribution >= 4 is 29.2 Å². The predicted molar refractivity (Wildman–Crippen MR) is 268 cm³/mol. The molecule has 0 aliphatic heterocycles. The zero-order chi connectivity index (χ0) is 44.4. The molecule has 0 radical (unpaired) electrons. The topological polar surface area (TPSA) is 6.48 Å². The molecule has 9 rings (SSSR count). The summed E-state index contributed by atoms with van der Waals surface area (Å²) in [6, 6.07) is 17.3. The second kappa shape index (κ2) is 15.0. The lowest BCUT2D eigenvalue weighted by molar-refractivity contribution is 0.335. The number of allylic oxidation sites excluding steroid dienone is 9. The summed E-state index contributed by atoms with van der Waals surface area (Å²) < 4.78 is 0. The van der Waals surface area contributed by atoms with Crippen LogP contribution in [0.1, 0.15) is 159 Å². The molecule has 2 nitrogen and oxygen atoms in total. The first kappa shape index (κ1) is 42.7. The highest BCUT2D eigenvalue weighted by molar-refractivity contribution is 5.88. The van der Waals surface area contributed by atoms with Crippen LogP contribution in [0.25, 0.3) is 12.2 Å². The van der Waals surface area contributed by atoms with Crippen LogP contribution in [0.2, 0.25) is 0 Å². The lowest BCUT2D eigenvalue weighted by atomic mass is 9.54. The number of anilines is 3. The van der Waals surface area contributed by atoms with Crippen molar-refractivity contribution < 1.29 is 0 Å². The van der Waals surface area contributed by atoms with Crippen molar-refractivity contribution in [2.45, 2.75) is 153 Å². The van der Waals surface area contributed by atoms with Crippen LogP contribution in [-0.2, 0) is 5.41 Å². The molecule has 0 saturated heterocycles. The summed E-state index contributed by atoms with van der Waals surface area (Å²) >= 11 is 0. The first-order valence-electron chi connectivity index (χ1n) is 24.0. The zero-order valence-electron chi connectivity index (χ0n) is 40.9.